The third-order valence-electron chi connectivity index (χ3n) is 4.69. The van der Waals surface area contributed by atoms with Crippen molar-refractivity contribution in [1.82, 2.24) is 4.98 Å². The van der Waals surface area contributed by atoms with Gasteiger partial charge in [-0.15, -0.1) is 0 Å². The summed E-state index contributed by atoms with van der Waals surface area (Å²) in [6, 6.07) is 8.81. The van der Waals surface area contributed by atoms with Crippen LogP contribution in [0.2, 0.25) is 0 Å². The summed E-state index contributed by atoms with van der Waals surface area (Å²) in [5.74, 6) is 1.30. The fourth-order valence-corrected chi connectivity index (χ4v) is 3.04. The number of para-hydroxylation sites is 1. The van der Waals surface area contributed by atoms with Gasteiger partial charge in [0, 0.05) is 12.5 Å². The zero-order valence-corrected chi connectivity index (χ0v) is 19.0. The van der Waals surface area contributed by atoms with Gasteiger partial charge in [0.15, 0.2) is 17.3 Å². The summed E-state index contributed by atoms with van der Waals surface area (Å²) in [7, 11) is 3.09. The Labute approximate surface area is 189 Å². The van der Waals surface area contributed by atoms with Crippen molar-refractivity contribution in [3.63, 3.8) is 0 Å². The fourth-order valence-electron chi connectivity index (χ4n) is 3.04. The number of ether oxygens (including phenoxy) is 4. The van der Waals surface area contributed by atoms with Gasteiger partial charge in [-0.05, 0) is 44.1 Å². The van der Waals surface area contributed by atoms with Crippen LogP contribution >= 0.6 is 0 Å². The molecular weight excluding hydrogens is 410 g/mol. The molecule has 0 spiro atoms. The lowest BCUT2D eigenvalue weighted by molar-refractivity contribution is -0.143. The highest BCUT2D eigenvalue weighted by Crippen LogP contribution is 2.27. The number of rotatable bonds is 14. The van der Waals surface area contributed by atoms with E-state index in [1.807, 2.05) is 13.0 Å². The van der Waals surface area contributed by atoms with Crippen molar-refractivity contribution < 1.29 is 28.5 Å². The minimum atomic E-state index is -0.176. The first-order chi connectivity index (χ1) is 15.6. The normalized spacial score (nSPS) is 10.7. The number of carbonyl (C=O) groups excluding carboxylic acids is 2. The second-order valence-electron chi connectivity index (χ2n) is 6.98. The minimum Gasteiger partial charge on any atom is -0.496 e. The van der Waals surface area contributed by atoms with E-state index in [4.69, 9.17) is 18.9 Å². The molecule has 0 bridgehead atoms. The van der Waals surface area contributed by atoms with Gasteiger partial charge >= 0.3 is 5.97 Å². The maximum atomic E-state index is 12.5. The van der Waals surface area contributed by atoms with Gasteiger partial charge in [-0.1, -0.05) is 25.0 Å². The smallest absolute Gasteiger partial charge is 0.305 e. The standard InChI is InChI=1S/C25H31NO6/c1-4-31-25(28)13-7-5-6-10-16-32-23-17-19(26-18-24(23)30-3)14-15-21(27)20-11-8-9-12-22(20)29-2/h8-9,11-12,14-15,17-18H,4-7,10,13,16H2,1-3H3. The zero-order valence-electron chi connectivity index (χ0n) is 19.0. The number of nitrogens with zero attached hydrogens (tertiary/aromatic N) is 1. The zero-order chi connectivity index (χ0) is 23.2. The van der Waals surface area contributed by atoms with Crippen LogP contribution in [0.4, 0.5) is 0 Å². The van der Waals surface area contributed by atoms with Crippen LogP contribution in [0, 0.1) is 0 Å². The predicted molar refractivity (Wildman–Crippen MR) is 122 cm³/mol. The van der Waals surface area contributed by atoms with E-state index in [1.54, 1.807) is 43.6 Å². The van der Waals surface area contributed by atoms with E-state index >= 15 is 0 Å². The number of allylic oxidation sites excluding steroid dienone is 1. The van der Waals surface area contributed by atoms with Crippen LogP contribution in [-0.2, 0) is 9.53 Å². The number of methoxy groups -OCH3 is 2. The molecule has 0 atom stereocenters. The molecule has 1 aromatic carbocycles. The van der Waals surface area contributed by atoms with E-state index in [1.165, 1.54) is 13.2 Å². The molecule has 0 amide bonds. The molecule has 7 nitrogen and oxygen atoms in total. The molecule has 172 valence electrons. The average molecular weight is 442 g/mol. The molecule has 1 aromatic heterocycles. The van der Waals surface area contributed by atoms with E-state index in [-0.39, 0.29) is 11.8 Å². The monoisotopic (exact) mass is 441 g/mol. The van der Waals surface area contributed by atoms with E-state index in [0.29, 0.717) is 48.1 Å². The highest BCUT2D eigenvalue weighted by Gasteiger charge is 2.10. The number of pyridine rings is 1. The molecule has 2 aromatic rings. The average Bonchev–Trinajstić information content (AvgIpc) is 2.82. The van der Waals surface area contributed by atoms with Crippen molar-refractivity contribution in [2.45, 2.75) is 39.0 Å². The van der Waals surface area contributed by atoms with Crippen LogP contribution in [0.1, 0.15) is 55.1 Å². The maximum Gasteiger partial charge on any atom is 0.305 e. The maximum absolute atomic E-state index is 12.5. The van der Waals surface area contributed by atoms with E-state index in [2.05, 4.69) is 4.98 Å². The lowest BCUT2D eigenvalue weighted by Crippen LogP contribution is -2.03. The summed E-state index contributed by atoms with van der Waals surface area (Å²) in [4.78, 5) is 28.1. The van der Waals surface area contributed by atoms with Crippen molar-refractivity contribution in [2.24, 2.45) is 0 Å². The summed E-state index contributed by atoms with van der Waals surface area (Å²) >= 11 is 0. The van der Waals surface area contributed by atoms with Crippen molar-refractivity contribution in [2.75, 3.05) is 27.4 Å². The Morgan fingerprint density at radius 2 is 1.72 bits per heavy atom. The van der Waals surface area contributed by atoms with Gasteiger partial charge in [-0.3, -0.25) is 14.6 Å². The summed E-state index contributed by atoms with van der Waals surface area (Å²) in [6.45, 7) is 2.75. The Kier molecular flexibility index (Phi) is 10.8. The van der Waals surface area contributed by atoms with E-state index in [9.17, 15) is 9.59 Å². The second-order valence-corrected chi connectivity index (χ2v) is 6.98. The number of ketones is 1. The minimum absolute atomic E-state index is 0.143. The molecule has 0 radical (unpaired) electrons. The largest absolute Gasteiger partial charge is 0.496 e. The summed E-state index contributed by atoms with van der Waals surface area (Å²) < 4.78 is 21.4. The molecule has 0 aliphatic carbocycles. The molecule has 0 N–H and O–H groups in total. The number of carbonyl (C=O) groups is 2. The first-order valence-corrected chi connectivity index (χ1v) is 10.8. The molecule has 0 saturated carbocycles. The molecular formula is C25H31NO6. The summed E-state index contributed by atoms with van der Waals surface area (Å²) in [5.41, 5.74) is 1.07. The number of aromatic nitrogens is 1. The Hall–Kier alpha value is -3.35. The topological polar surface area (TPSA) is 84.0 Å². The van der Waals surface area contributed by atoms with Crippen LogP contribution in [0.15, 0.2) is 42.6 Å². The van der Waals surface area contributed by atoms with Gasteiger partial charge in [0.1, 0.15) is 5.75 Å². The second kappa shape index (κ2) is 13.9. The van der Waals surface area contributed by atoms with Gasteiger partial charge in [0.2, 0.25) is 0 Å². The summed E-state index contributed by atoms with van der Waals surface area (Å²) in [6.07, 6.45) is 8.68. The SMILES string of the molecule is CCOC(=O)CCCCCCOc1cc(C=CC(=O)c2ccccc2OC)ncc1OC. The molecule has 0 aliphatic rings. The third kappa shape index (κ3) is 8.06. The molecule has 0 aliphatic heterocycles. The van der Waals surface area contributed by atoms with Gasteiger partial charge in [-0.2, -0.15) is 0 Å². The van der Waals surface area contributed by atoms with E-state index in [0.717, 1.165) is 25.7 Å². The van der Waals surface area contributed by atoms with Gasteiger partial charge in [-0.25, -0.2) is 0 Å². The quantitative estimate of drug-likeness (QED) is 0.179. The van der Waals surface area contributed by atoms with Gasteiger partial charge in [0.25, 0.3) is 0 Å². The number of benzene rings is 1. The highest BCUT2D eigenvalue weighted by molar-refractivity contribution is 6.08. The summed E-state index contributed by atoms with van der Waals surface area (Å²) in [5, 5.41) is 0. The molecule has 0 fully saturated rings. The number of hydrogen-bond donors (Lipinski definition) is 0. The lowest BCUT2D eigenvalue weighted by atomic mass is 10.1. The van der Waals surface area contributed by atoms with Crippen molar-refractivity contribution >= 4 is 17.8 Å². The van der Waals surface area contributed by atoms with Crippen LogP contribution < -0.4 is 14.2 Å². The van der Waals surface area contributed by atoms with Crippen molar-refractivity contribution in [3.8, 4) is 17.2 Å². The van der Waals surface area contributed by atoms with Gasteiger partial charge < -0.3 is 18.9 Å². The fraction of sp³-hybridized carbons (Fsp3) is 0.400. The van der Waals surface area contributed by atoms with Crippen molar-refractivity contribution in [3.05, 3.63) is 53.9 Å². The Morgan fingerprint density at radius 1 is 0.969 bits per heavy atom. The number of hydrogen-bond acceptors (Lipinski definition) is 7. The molecule has 32 heavy (non-hydrogen) atoms. The lowest BCUT2D eigenvalue weighted by Gasteiger charge is -2.11. The first kappa shape index (κ1) is 24.9. The molecule has 7 heteroatoms. The van der Waals surface area contributed by atoms with Crippen LogP contribution in [0.5, 0.6) is 17.2 Å². The molecule has 2 rings (SSSR count). The molecule has 1 heterocycles. The van der Waals surface area contributed by atoms with Crippen LogP contribution in [0.25, 0.3) is 6.08 Å². The Morgan fingerprint density at radius 3 is 2.47 bits per heavy atom. The van der Waals surface area contributed by atoms with Crippen LogP contribution in [-0.4, -0.2) is 44.2 Å². The number of esters is 1. The third-order valence-corrected chi connectivity index (χ3v) is 4.69. The Balaban J connectivity index is 1.88. The van der Waals surface area contributed by atoms with Gasteiger partial charge in [0.05, 0.1) is 44.9 Å². The van der Waals surface area contributed by atoms with Crippen LogP contribution in [0.3, 0.4) is 0 Å². The Bertz CT molecular complexity index is 909. The van der Waals surface area contributed by atoms with Crippen molar-refractivity contribution in [1.29, 1.82) is 0 Å². The number of unbranched alkanes of at least 4 members (excludes halogenated alkanes) is 3. The predicted octanol–water partition coefficient (Wildman–Crippen LogP) is 4.89. The molecule has 0 saturated heterocycles. The molecule has 0 unspecified atom stereocenters. The highest BCUT2D eigenvalue weighted by atomic mass is 16.5. The first-order valence-electron chi connectivity index (χ1n) is 10.8. The van der Waals surface area contributed by atoms with E-state index < -0.39 is 0 Å².